The molecular weight excluding hydrogens is 385 g/mol. The molecule has 0 bridgehead atoms. The van der Waals surface area contributed by atoms with Crippen molar-refractivity contribution < 1.29 is 23.5 Å². The van der Waals surface area contributed by atoms with Crippen molar-refractivity contribution in [1.29, 1.82) is 0 Å². The van der Waals surface area contributed by atoms with Gasteiger partial charge in [-0.3, -0.25) is 10.1 Å². The highest BCUT2D eigenvalue weighted by Gasteiger charge is 2.68. The number of fused-ring (bicyclic) bond motifs is 1. The Hall–Kier alpha value is -2.00. The minimum Gasteiger partial charge on any atom is -0.358 e. The minimum absolute atomic E-state index is 0.104. The van der Waals surface area contributed by atoms with Gasteiger partial charge in [0.05, 0.1) is 6.61 Å². The molecule has 0 radical (unpaired) electrons. The molecule has 2 aliphatic heterocycles. The average molecular weight is 405 g/mol. The largest absolute Gasteiger partial charge is 0.358 e. The van der Waals surface area contributed by atoms with Crippen LogP contribution >= 0.6 is 11.8 Å². The fraction of sp³-hybridized carbons (Fsp3) is 0.400. The van der Waals surface area contributed by atoms with Gasteiger partial charge in [-0.2, -0.15) is 0 Å². The summed E-state index contributed by atoms with van der Waals surface area (Å²) in [5, 5.41) is 12.0. The predicted molar refractivity (Wildman–Crippen MR) is 101 cm³/mol. The van der Waals surface area contributed by atoms with Crippen LogP contribution in [0.3, 0.4) is 0 Å². The quantitative estimate of drug-likeness (QED) is 0.426. The highest BCUT2D eigenvalue weighted by Crippen LogP contribution is 2.46. The second-order valence-corrected chi connectivity index (χ2v) is 8.15. The Morgan fingerprint density at radius 3 is 2.43 bits per heavy atom. The first-order valence-electron chi connectivity index (χ1n) is 8.98. The smallest absolute Gasteiger partial charge is 0.277 e. The zero-order valence-corrected chi connectivity index (χ0v) is 16.0. The lowest BCUT2D eigenvalue weighted by atomic mass is 9.89. The Kier molecular flexibility index (Phi) is 5.37. The van der Waals surface area contributed by atoms with E-state index in [1.165, 1.54) is 6.92 Å². The number of hydrogen-bond donors (Lipinski definition) is 0. The maximum absolute atomic E-state index is 15.1. The Bertz CT molecular complexity index is 822. The van der Waals surface area contributed by atoms with Gasteiger partial charge in [-0.25, -0.2) is 4.39 Å². The summed E-state index contributed by atoms with van der Waals surface area (Å²) >= 11 is 0.911. The van der Waals surface area contributed by atoms with E-state index in [2.05, 4.69) is 0 Å². The van der Waals surface area contributed by atoms with Crippen molar-refractivity contribution in [3.8, 4) is 0 Å². The lowest BCUT2D eigenvalue weighted by Gasteiger charge is -2.34. The maximum Gasteiger partial charge on any atom is 0.277 e. The van der Waals surface area contributed by atoms with Gasteiger partial charge in [0.25, 0.3) is 5.54 Å². The first-order chi connectivity index (χ1) is 13.5. The van der Waals surface area contributed by atoms with E-state index in [0.717, 1.165) is 17.3 Å². The Morgan fingerprint density at radius 1 is 1.14 bits per heavy atom. The number of ether oxygens (including phenoxy) is 3. The molecule has 6 nitrogen and oxygen atoms in total. The van der Waals surface area contributed by atoms with Crippen LogP contribution in [0, 0.1) is 10.1 Å². The van der Waals surface area contributed by atoms with Crippen LogP contribution in [0.15, 0.2) is 65.6 Å². The van der Waals surface area contributed by atoms with E-state index in [1.54, 1.807) is 24.3 Å². The summed E-state index contributed by atoms with van der Waals surface area (Å²) in [5.41, 5.74) is -2.60. The molecule has 28 heavy (non-hydrogen) atoms. The van der Waals surface area contributed by atoms with E-state index in [0.29, 0.717) is 4.90 Å². The number of alkyl halides is 1. The van der Waals surface area contributed by atoms with Crippen LogP contribution in [0.25, 0.3) is 0 Å². The van der Waals surface area contributed by atoms with E-state index in [9.17, 15) is 10.1 Å². The molecule has 4 rings (SSSR count). The van der Waals surface area contributed by atoms with Crippen LogP contribution < -0.4 is 0 Å². The van der Waals surface area contributed by atoms with Crippen molar-refractivity contribution >= 4 is 11.8 Å². The lowest BCUT2D eigenvalue weighted by Crippen LogP contribution is -2.57. The number of nitrogens with zero attached hydrogens (tertiary/aromatic N) is 1. The first kappa shape index (κ1) is 19.3. The summed E-state index contributed by atoms with van der Waals surface area (Å²) < 4.78 is 32.6. The SMILES string of the molecule is C[C@]1([N+](=O)[O-])[C@H]2OC(c3ccccc3)OC[C@@H]2O[C@H]1[C@@H](F)Sc1ccccc1. The molecule has 0 saturated carbocycles. The molecule has 0 aliphatic carbocycles. The molecule has 8 heteroatoms. The van der Waals surface area contributed by atoms with Gasteiger partial charge in [0.15, 0.2) is 24.0 Å². The molecule has 2 aliphatic rings. The van der Waals surface area contributed by atoms with E-state index in [4.69, 9.17) is 14.2 Å². The number of halogens is 1. The van der Waals surface area contributed by atoms with Gasteiger partial charge in [-0.15, -0.1) is 0 Å². The monoisotopic (exact) mass is 405 g/mol. The van der Waals surface area contributed by atoms with Crippen molar-refractivity contribution in [3.63, 3.8) is 0 Å². The summed E-state index contributed by atoms with van der Waals surface area (Å²) in [6.45, 7) is 1.50. The average Bonchev–Trinajstić information content (AvgIpc) is 3.03. The third kappa shape index (κ3) is 3.41. The Balaban J connectivity index is 1.57. The van der Waals surface area contributed by atoms with Crippen molar-refractivity contribution in [3.05, 3.63) is 76.3 Å². The molecule has 1 unspecified atom stereocenters. The van der Waals surface area contributed by atoms with Gasteiger partial charge in [-0.05, 0) is 12.1 Å². The van der Waals surface area contributed by atoms with Crippen LogP contribution in [-0.2, 0) is 14.2 Å². The molecule has 2 heterocycles. The summed E-state index contributed by atoms with van der Waals surface area (Å²) in [6.07, 6.45) is -3.62. The molecule has 6 atom stereocenters. The summed E-state index contributed by atoms with van der Waals surface area (Å²) in [4.78, 5) is 12.2. The standard InChI is InChI=1S/C20H20FNO5S/c1-20(22(23)24)16-15(12-25-19(27-16)13-8-4-2-5-9-13)26-17(20)18(21)28-14-10-6-3-7-11-14/h2-11,15-19H,12H2,1H3/t15-,16-,17-,18-,19?,20-/m0/s1. The molecule has 2 fully saturated rings. The van der Waals surface area contributed by atoms with Crippen molar-refractivity contribution in [2.75, 3.05) is 6.61 Å². The van der Waals surface area contributed by atoms with Crippen molar-refractivity contribution in [2.24, 2.45) is 0 Å². The van der Waals surface area contributed by atoms with Crippen LogP contribution in [0.4, 0.5) is 4.39 Å². The van der Waals surface area contributed by atoms with Gasteiger partial charge in [0, 0.05) is 22.3 Å². The molecule has 2 aromatic rings. The summed E-state index contributed by atoms with van der Waals surface area (Å²) in [6, 6.07) is 18.1. The second kappa shape index (κ2) is 7.79. The third-order valence-corrected chi connectivity index (χ3v) is 6.20. The number of rotatable bonds is 5. The number of thioether (sulfide) groups is 1. The van der Waals surface area contributed by atoms with E-state index in [1.807, 2.05) is 36.4 Å². The van der Waals surface area contributed by atoms with Crippen molar-refractivity contribution in [1.82, 2.24) is 0 Å². The van der Waals surface area contributed by atoms with E-state index >= 15 is 4.39 Å². The van der Waals surface area contributed by atoms with Crippen LogP contribution in [0.2, 0.25) is 0 Å². The number of hydrogen-bond acceptors (Lipinski definition) is 6. The molecule has 2 aromatic carbocycles. The van der Waals surface area contributed by atoms with Crippen LogP contribution in [-0.4, -0.2) is 40.9 Å². The van der Waals surface area contributed by atoms with Crippen molar-refractivity contribution in [2.45, 2.75) is 47.5 Å². The minimum atomic E-state index is -1.73. The zero-order valence-electron chi connectivity index (χ0n) is 15.1. The molecule has 2 saturated heterocycles. The molecule has 0 N–H and O–H groups in total. The number of nitro groups is 1. The van der Waals surface area contributed by atoms with Crippen LogP contribution in [0.5, 0.6) is 0 Å². The van der Waals surface area contributed by atoms with Gasteiger partial charge in [-0.1, -0.05) is 60.3 Å². The summed E-state index contributed by atoms with van der Waals surface area (Å²) in [5.74, 6) is 0. The zero-order chi connectivity index (χ0) is 19.7. The first-order valence-corrected chi connectivity index (χ1v) is 9.86. The Labute approximate surface area is 166 Å². The third-order valence-electron chi connectivity index (χ3n) is 5.19. The second-order valence-electron chi connectivity index (χ2n) is 6.99. The predicted octanol–water partition coefficient (Wildman–Crippen LogP) is 3.99. The number of benzene rings is 2. The van der Waals surface area contributed by atoms with Gasteiger partial charge < -0.3 is 14.2 Å². The van der Waals surface area contributed by atoms with Crippen LogP contribution in [0.1, 0.15) is 18.8 Å². The van der Waals surface area contributed by atoms with Gasteiger partial charge >= 0.3 is 0 Å². The topological polar surface area (TPSA) is 70.8 Å². The van der Waals surface area contributed by atoms with Gasteiger partial charge in [0.2, 0.25) is 0 Å². The highest BCUT2D eigenvalue weighted by atomic mass is 32.2. The fourth-order valence-electron chi connectivity index (χ4n) is 3.65. The van der Waals surface area contributed by atoms with Gasteiger partial charge in [0.1, 0.15) is 6.10 Å². The lowest BCUT2D eigenvalue weighted by molar-refractivity contribution is -0.585. The highest BCUT2D eigenvalue weighted by molar-refractivity contribution is 7.99. The Morgan fingerprint density at radius 2 is 1.79 bits per heavy atom. The molecule has 0 spiro atoms. The van der Waals surface area contributed by atoms with E-state index < -0.39 is 40.6 Å². The maximum atomic E-state index is 15.1. The molecule has 0 amide bonds. The molecule has 0 aromatic heterocycles. The normalized spacial score (nSPS) is 33.2. The van der Waals surface area contributed by atoms with E-state index in [-0.39, 0.29) is 6.61 Å². The fourth-order valence-corrected chi connectivity index (χ4v) is 4.69. The summed E-state index contributed by atoms with van der Waals surface area (Å²) in [7, 11) is 0. The molecule has 148 valence electrons. The molecular formula is C20H20FNO5S.